The summed E-state index contributed by atoms with van der Waals surface area (Å²) in [6.07, 6.45) is 2.27. The summed E-state index contributed by atoms with van der Waals surface area (Å²) in [6.45, 7) is 3.78. The number of benzene rings is 4. The summed E-state index contributed by atoms with van der Waals surface area (Å²) in [5.41, 5.74) is 1.75. The van der Waals surface area contributed by atoms with E-state index in [4.69, 9.17) is 16.7 Å². The first-order valence-corrected chi connectivity index (χ1v) is 20.3. The number of carbonyl (C=O) groups excluding carboxylic acids is 4. The fourth-order valence-electron chi connectivity index (χ4n) is 10.4. The van der Waals surface area contributed by atoms with Crippen molar-refractivity contribution in [3.05, 3.63) is 113 Å². The SMILES string of the molecule is Cc1c(-c2cc(N3C(=O)C4CC5C(=CCC6C(=O)N(c7cccc(B(O)O)c7)C(=O)C65)C(c5ccc6ccccc6c5O)C4(C)C3=O)n(C)n2)sc2ccc(Cl)cc12. The molecule has 0 spiro atoms. The van der Waals surface area contributed by atoms with Gasteiger partial charge in [-0.05, 0) is 84.7 Å². The number of halogens is 1. The minimum atomic E-state index is -1.80. The third-order valence-corrected chi connectivity index (χ3v) is 14.7. The van der Waals surface area contributed by atoms with Crippen LogP contribution in [0.1, 0.15) is 36.8 Å². The van der Waals surface area contributed by atoms with E-state index in [9.17, 15) is 24.7 Å². The van der Waals surface area contributed by atoms with E-state index in [1.165, 1.54) is 17.0 Å². The third kappa shape index (κ3) is 5.03. The molecular weight excluding hydrogens is 775 g/mol. The molecule has 6 atom stereocenters. The molecule has 4 aliphatic rings. The number of amides is 4. The second-order valence-corrected chi connectivity index (χ2v) is 17.6. The number of aromatic nitrogens is 2. The molecule has 2 saturated heterocycles. The van der Waals surface area contributed by atoms with Crippen molar-refractivity contribution in [1.82, 2.24) is 9.78 Å². The van der Waals surface area contributed by atoms with E-state index < -0.39 is 65.8 Å². The van der Waals surface area contributed by atoms with Gasteiger partial charge >= 0.3 is 7.12 Å². The fourth-order valence-corrected chi connectivity index (χ4v) is 11.7. The van der Waals surface area contributed by atoms with Gasteiger partial charge in [-0.15, -0.1) is 11.3 Å². The number of imide groups is 2. The van der Waals surface area contributed by atoms with E-state index >= 15 is 9.59 Å². The number of aromatic hydroxyl groups is 1. The average Bonchev–Trinajstić information content (AvgIpc) is 3.88. The van der Waals surface area contributed by atoms with E-state index in [2.05, 4.69) is 0 Å². The normalized spacial score (nSPS) is 25.4. The lowest BCUT2D eigenvalue weighted by molar-refractivity contribution is -0.131. The molecule has 6 aromatic rings. The molecule has 290 valence electrons. The van der Waals surface area contributed by atoms with E-state index in [-0.39, 0.29) is 29.7 Å². The largest absolute Gasteiger partial charge is 0.507 e. The number of rotatable bonds is 5. The molecule has 3 fully saturated rings. The molecule has 58 heavy (non-hydrogen) atoms. The number of nitrogens with zero attached hydrogens (tertiary/aromatic N) is 4. The molecule has 2 aliphatic carbocycles. The Kier molecular flexibility index (Phi) is 8.20. The number of fused-ring (bicyclic) bond motifs is 6. The number of phenolic OH excluding ortho intramolecular Hbond substituents is 1. The maximum atomic E-state index is 15.3. The highest BCUT2D eigenvalue weighted by molar-refractivity contribution is 7.22. The van der Waals surface area contributed by atoms with Gasteiger partial charge in [-0.3, -0.25) is 28.8 Å². The molecule has 14 heteroatoms. The maximum absolute atomic E-state index is 15.3. The Morgan fingerprint density at radius 1 is 0.879 bits per heavy atom. The Balaban J connectivity index is 1.10. The Labute approximate surface area is 341 Å². The highest BCUT2D eigenvalue weighted by Gasteiger charge is 2.68. The van der Waals surface area contributed by atoms with Crippen molar-refractivity contribution in [3.8, 4) is 16.3 Å². The highest BCUT2D eigenvalue weighted by atomic mass is 35.5. The second kappa shape index (κ2) is 13.0. The summed E-state index contributed by atoms with van der Waals surface area (Å²) in [5, 5.41) is 39.6. The lowest BCUT2D eigenvalue weighted by Gasteiger charge is -2.49. The molecule has 4 heterocycles. The summed E-state index contributed by atoms with van der Waals surface area (Å²) >= 11 is 7.88. The summed E-state index contributed by atoms with van der Waals surface area (Å²) in [4.78, 5) is 62.3. The Morgan fingerprint density at radius 3 is 2.47 bits per heavy atom. The third-order valence-electron chi connectivity index (χ3n) is 13.2. The van der Waals surface area contributed by atoms with Gasteiger partial charge in [0.25, 0.3) is 0 Å². The Hall–Kier alpha value is -5.60. The smallest absolute Gasteiger partial charge is 0.488 e. The van der Waals surface area contributed by atoms with E-state index in [1.807, 2.05) is 61.5 Å². The lowest BCUT2D eigenvalue weighted by Crippen LogP contribution is -2.49. The van der Waals surface area contributed by atoms with Crippen LogP contribution in [0.4, 0.5) is 11.5 Å². The zero-order valence-corrected chi connectivity index (χ0v) is 33.2. The number of aryl methyl sites for hydroxylation is 2. The van der Waals surface area contributed by atoms with Gasteiger partial charge in [0.15, 0.2) is 0 Å². The summed E-state index contributed by atoms with van der Waals surface area (Å²) in [6, 6.07) is 24.6. The highest BCUT2D eigenvalue weighted by Crippen LogP contribution is 2.65. The standard InChI is InChI=1S/C44H36BClN4O7S/c1-21-30-18-24(46)12-16-34(30)58-39(21)33-20-35(48(3)47-33)50-41(53)32-19-31-27(37(44(32,2)43(50)55)29-13-11-22-7-4-5-10-26(22)38(29)51)14-15-28-36(31)42(54)49(40(28)52)25-9-6-8-23(17-25)45(56)57/h4-14,16-18,20,28,31-32,36-37,51,56-57H,15,19H2,1-3H3. The minimum absolute atomic E-state index is 0.0107. The number of hydrogen-bond acceptors (Lipinski definition) is 9. The van der Waals surface area contributed by atoms with Gasteiger partial charge in [0.05, 0.1) is 33.7 Å². The molecule has 11 nitrogen and oxygen atoms in total. The molecule has 6 unspecified atom stereocenters. The van der Waals surface area contributed by atoms with Crippen molar-refractivity contribution < 1.29 is 34.3 Å². The van der Waals surface area contributed by atoms with Gasteiger partial charge in [0.1, 0.15) is 17.3 Å². The molecule has 0 bridgehead atoms. The predicted molar refractivity (Wildman–Crippen MR) is 223 cm³/mol. The van der Waals surface area contributed by atoms with E-state index in [1.54, 1.807) is 54.3 Å². The molecule has 2 aliphatic heterocycles. The molecule has 1 saturated carbocycles. The molecule has 3 N–H and O–H groups in total. The topological polar surface area (TPSA) is 153 Å². The average molecular weight is 811 g/mol. The number of hydrogen-bond donors (Lipinski definition) is 3. The van der Waals surface area contributed by atoms with Crippen LogP contribution in [0.5, 0.6) is 5.75 Å². The zero-order chi connectivity index (χ0) is 40.5. The second-order valence-electron chi connectivity index (χ2n) is 16.1. The minimum Gasteiger partial charge on any atom is -0.507 e. The van der Waals surface area contributed by atoms with Crippen LogP contribution in [-0.2, 0) is 26.2 Å². The van der Waals surface area contributed by atoms with Crippen LogP contribution in [0, 0.1) is 36.0 Å². The number of anilines is 2. The van der Waals surface area contributed by atoms with Gasteiger partial charge in [-0.2, -0.15) is 5.10 Å². The molecule has 2 aromatic heterocycles. The Bertz CT molecular complexity index is 2850. The zero-order valence-electron chi connectivity index (χ0n) is 31.6. The van der Waals surface area contributed by atoms with Crippen molar-refractivity contribution in [2.75, 3.05) is 9.80 Å². The van der Waals surface area contributed by atoms with E-state index in [0.717, 1.165) is 36.4 Å². The van der Waals surface area contributed by atoms with E-state index in [0.29, 0.717) is 27.5 Å². The predicted octanol–water partition coefficient (Wildman–Crippen LogP) is 6.24. The molecule has 10 rings (SSSR count). The number of allylic oxidation sites excluding steroid dienone is 2. The van der Waals surface area contributed by atoms with Crippen LogP contribution >= 0.6 is 22.9 Å². The summed E-state index contributed by atoms with van der Waals surface area (Å²) in [5.74, 6) is -5.40. The summed E-state index contributed by atoms with van der Waals surface area (Å²) < 4.78 is 2.57. The molecule has 0 radical (unpaired) electrons. The monoisotopic (exact) mass is 810 g/mol. The van der Waals surface area contributed by atoms with Crippen molar-refractivity contribution in [2.45, 2.75) is 32.6 Å². The van der Waals surface area contributed by atoms with Crippen LogP contribution in [0.3, 0.4) is 0 Å². The fraction of sp³-hybridized carbons (Fsp3) is 0.250. The quantitative estimate of drug-likeness (QED) is 0.105. The number of carbonyl (C=O) groups is 4. The maximum Gasteiger partial charge on any atom is 0.488 e. The number of thiophene rings is 1. The van der Waals surface area contributed by atoms with Crippen LogP contribution in [0.2, 0.25) is 5.02 Å². The van der Waals surface area contributed by atoms with Crippen LogP contribution in [-0.4, -0.2) is 55.7 Å². The van der Waals surface area contributed by atoms with Crippen LogP contribution < -0.4 is 15.3 Å². The first-order valence-electron chi connectivity index (χ1n) is 19.2. The van der Waals surface area contributed by atoms with Gasteiger partial charge in [0, 0.05) is 39.7 Å². The van der Waals surface area contributed by atoms with Crippen molar-refractivity contribution >= 4 is 91.5 Å². The van der Waals surface area contributed by atoms with Gasteiger partial charge < -0.3 is 15.2 Å². The van der Waals surface area contributed by atoms with Gasteiger partial charge in [-0.25, -0.2) is 4.90 Å². The Morgan fingerprint density at radius 2 is 1.67 bits per heavy atom. The van der Waals surface area contributed by atoms with Crippen molar-refractivity contribution in [1.29, 1.82) is 0 Å². The van der Waals surface area contributed by atoms with Crippen molar-refractivity contribution in [2.24, 2.45) is 36.1 Å². The van der Waals surface area contributed by atoms with Gasteiger partial charge in [0.2, 0.25) is 23.6 Å². The molecule has 4 amide bonds. The number of phenols is 1. The molecular formula is C44H36BClN4O7S. The summed E-state index contributed by atoms with van der Waals surface area (Å²) in [7, 11) is -0.0996. The van der Waals surface area contributed by atoms with Gasteiger partial charge in [-0.1, -0.05) is 71.8 Å². The van der Waals surface area contributed by atoms with Crippen molar-refractivity contribution in [3.63, 3.8) is 0 Å². The van der Waals surface area contributed by atoms with Crippen LogP contribution in [0.15, 0.2) is 96.6 Å². The lowest BCUT2D eigenvalue weighted by atomic mass is 9.51. The van der Waals surface area contributed by atoms with Crippen LogP contribution in [0.25, 0.3) is 31.4 Å². The first-order chi connectivity index (χ1) is 27.8. The first kappa shape index (κ1) is 36.7. The molecule has 4 aromatic carbocycles.